The molecule has 0 aliphatic carbocycles. The van der Waals surface area contributed by atoms with E-state index in [1.54, 1.807) is 76.2 Å². The van der Waals surface area contributed by atoms with Gasteiger partial charge < -0.3 is 18.9 Å². The summed E-state index contributed by atoms with van der Waals surface area (Å²) in [6.45, 7) is 22.6. The van der Waals surface area contributed by atoms with Gasteiger partial charge in [0, 0.05) is 50.6 Å². The predicted octanol–water partition coefficient (Wildman–Crippen LogP) is 8.31. The number of ether oxygens (including phenoxy) is 4. The summed E-state index contributed by atoms with van der Waals surface area (Å²) in [6.07, 6.45) is 1.02. The highest BCUT2D eigenvalue weighted by molar-refractivity contribution is 5.92. The molecule has 0 aliphatic heterocycles. The Morgan fingerprint density at radius 3 is 1.28 bits per heavy atom. The molecule has 0 N–H and O–H groups in total. The SMILES string of the molecule is C=CC(=O)Oc1c(C)c(-c2ccc(C#Cc3ccc(OC(=O)C(=C)C)cc3)cc2)c(C)c(OC(=O)C(=C)C)c1C#Cc1ccc(OC(=O)C(=C)C)cc1. The summed E-state index contributed by atoms with van der Waals surface area (Å²) < 4.78 is 22.1. The Balaban J connectivity index is 1.77. The van der Waals surface area contributed by atoms with Crippen LogP contribution in [0.5, 0.6) is 23.0 Å². The zero-order chi connectivity index (χ0) is 38.8. The molecule has 264 valence electrons. The van der Waals surface area contributed by atoms with E-state index in [9.17, 15) is 19.2 Å². The zero-order valence-electron chi connectivity index (χ0n) is 30.1. The van der Waals surface area contributed by atoms with Crippen molar-refractivity contribution < 1.29 is 38.1 Å². The van der Waals surface area contributed by atoms with Gasteiger partial charge in [-0.1, -0.05) is 62.1 Å². The van der Waals surface area contributed by atoms with Gasteiger partial charge >= 0.3 is 23.9 Å². The van der Waals surface area contributed by atoms with Crippen molar-refractivity contribution in [2.75, 3.05) is 0 Å². The molecule has 4 aromatic carbocycles. The minimum absolute atomic E-state index is 0.0840. The minimum Gasteiger partial charge on any atom is -0.423 e. The molecule has 0 aromatic heterocycles. The summed E-state index contributed by atoms with van der Waals surface area (Å²) in [6, 6.07) is 20.7. The number of hydrogen-bond acceptors (Lipinski definition) is 8. The topological polar surface area (TPSA) is 105 Å². The molecule has 0 unspecified atom stereocenters. The highest BCUT2D eigenvalue weighted by Gasteiger charge is 2.25. The molecule has 4 aromatic rings. The fourth-order valence-electron chi connectivity index (χ4n) is 4.71. The van der Waals surface area contributed by atoms with E-state index in [0.717, 1.165) is 17.2 Å². The van der Waals surface area contributed by atoms with Crippen LogP contribution in [0.15, 0.2) is 122 Å². The van der Waals surface area contributed by atoms with Crippen LogP contribution in [-0.4, -0.2) is 23.9 Å². The normalized spacial score (nSPS) is 9.91. The van der Waals surface area contributed by atoms with Crippen molar-refractivity contribution in [2.24, 2.45) is 0 Å². The fraction of sp³-hybridized carbons (Fsp3) is 0.111. The molecule has 53 heavy (non-hydrogen) atoms. The van der Waals surface area contributed by atoms with Crippen LogP contribution in [0.3, 0.4) is 0 Å². The Kier molecular flexibility index (Phi) is 12.5. The maximum Gasteiger partial charge on any atom is 0.338 e. The van der Waals surface area contributed by atoms with Crippen LogP contribution in [0.2, 0.25) is 0 Å². The van der Waals surface area contributed by atoms with Crippen molar-refractivity contribution in [1.29, 1.82) is 0 Å². The summed E-state index contributed by atoms with van der Waals surface area (Å²) in [5.74, 6) is 10.7. The lowest BCUT2D eigenvalue weighted by molar-refractivity contribution is -0.131. The lowest BCUT2D eigenvalue weighted by Crippen LogP contribution is -2.14. The second-order valence-corrected chi connectivity index (χ2v) is 11.9. The molecule has 0 bridgehead atoms. The van der Waals surface area contributed by atoms with Gasteiger partial charge in [0.15, 0.2) is 11.5 Å². The second kappa shape index (κ2) is 17.2. The molecular formula is C45H36O8. The molecule has 0 atom stereocenters. The summed E-state index contributed by atoms with van der Waals surface area (Å²) in [4.78, 5) is 49.3. The first kappa shape index (κ1) is 38.6. The average Bonchev–Trinajstić information content (AvgIpc) is 3.13. The fourth-order valence-corrected chi connectivity index (χ4v) is 4.71. The summed E-state index contributed by atoms with van der Waals surface area (Å²) in [5.41, 5.74) is 5.35. The van der Waals surface area contributed by atoms with Crippen molar-refractivity contribution in [1.82, 2.24) is 0 Å². The van der Waals surface area contributed by atoms with Gasteiger partial charge in [0.05, 0.1) is 0 Å². The van der Waals surface area contributed by atoms with Crippen molar-refractivity contribution in [3.63, 3.8) is 0 Å². The third kappa shape index (κ3) is 9.97. The van der Waals surface area contributed by atoms with Crippen molar-refractivity contribution in [3.8, 4) is 57.8 Å². The summed E-state index contributed by atoms with van der Waals surface area (Å²) in [7, 11) is 0. The molecule has 0 saturated carbocycles. The van der Waals surface area contributed by atoms with Gasteiger partial charge in [-0.05, 0) is 106 Å². The van der Waals surface area contributed by atoms with E-state index in [1.807, 2.05) is 24.3 Å². The predicted molar refractivity (Wildman–Crippen MR) is 203 cm³/mol. The minimum atomic E-state index is -0.737. The van der Waals surface area contributed by atoms with E-state index in [4.69, 9.17) is 18.9 Å². The summed E-state index contributed by atoms with van der Waals surface area (Å²) in [5, 5.41) is 0. The maximum atomic E-state index is 12.9. The number of esters is 4. The van der Waals surface area contributed by atoms with Gasteiger partial charge in [-0.3, -0.25) is 0 Å². The van der Waals surface area contributed by atoms with Crippen LogP contribution >= 0.6 is 0 Å². The number of rotatable bonds is 9. The highest BCUT2D eigenvalue weighted by atomic mass is 16.6. The van der Waals surface area contributed by atoms with E-state index in [1.165, 1.54) is 6.92 Å². The average molecular weight is 705 g/mol. The molecule has 0 radical (unpaired) electrons. The zero-order valence-corrected chi connectivity index (χ0v) is 30.1. The molecule has 0 saturated heterocycles. The number of carbonyl (C=O) groups is 4. The monoisotopic (exact) mass is 704 g/mol. The standard InChI is InChI=1S/C45H36O8/c1-10-39(46)52-41-30(8)40(35-20-13-32(14-21-35)11-12-33-15-22-36(23-16-33)50-43(47)27(2)3)31(9)42(53-45(49)29(6)7)38(41)26-19-34-17-24-37(25-18-34)51-44(48)28(4)5/h10,13-18,20-25H,1-2,4,6H2,3,5,7-9H3. The first-order chi connectivity index (χ1) is 25.2. The Morgan fingerprint density at radius 2 is 0.887 bits per heavy atom. The van der Waals surface area contributed by atoms with Crippen LogP contribution in [0.4, 0.5) is 0 Å². The lowest BCUT2D eigenvalue weighted by atomic mass is 9.90. The van der Waals surface area contributed by atoms with E-state index >= 15 is 0 Å². The van der Waals surface area contributed by atoms with Crippen molar-refractivity contribution >= 4 is 23.9 Å². The van der Waals surface area contributed by atoms with Gasteiger partial charge in [0.1, 0.15) is 17.1 Å². The van der Waals surface area contributed by atoms with E-state index in [2.05, 4.69) is 50.0 Å². The number of hydrogen-bond donors (Lipinski definition) is 0. The lowest BCUT2D eigenvalue weighted by Gasteiger charge is -2.21. The van der Waals surface area contributed by atoms with Gasteiger partial charge in [0.2, 0.25) is 0 Å². The second-order valence-electron chi connectivity index (χ2n) is 11.9. The third-order valence-corrected chi connectivity index (χ3v) is 7.48. The maximum absolute atomic E-state index is 12.9. The molecule has 0 aliphatic rings. The van der Waals surface area contributed by atoms with Gasteiger partial charge in [-0.15, -0.1) is 0 Å². The Hall–Kier alpha value is -7.16. The first-order valence-electron chi connectivity index (χ1n) is 16.2. The van der Waals surface area contributed by atoms with Crippen LogP contribution in [0, 0.1) is 37.5 Å². The van der Waals surface area contributed by atoms with Crippen LogP contribution in [-0.2, 0) is 19.2 Å². The molecule has 8 heteroatoms. The van der Waals surface area contributed by atoms with Gasteiger partial charge in [-0.2, -0.15) is 0 Å². The Bertz CT molecular complexity index is 2300. The van der Waals surface area contributed by atoms with Crippen LogP contribution in [0.1, 0.15) is 54.2 Å². The molecule has 0 heterocycles. The molecule has 0 fully saturated rings. The third-order valence-electron chi connectivity index (χ3n) is 7.48. The Morgan fingerprint density at radius 1 is 0.528 bits per heavy atom. The molecular weight excluding hydrogens is 668 g/mol. The highest BCUT2D eigenvalue weighted by Crippen LogP contribution is 2.43. The number of carbonyl (C=O) groups excluding carboxylic acids is 4. The van der Waals surface area contributed by atoms with E-state index in [0.29, 0.717) is 44.9 Å². The van der Waals surface area contributed by atoms with Gasteiger partial charge in [-0.25, -0.2) is 19.2 Å². The molecule has 8 nitrogen and oxygen atoms in total. The largest absolute Gasteiger partial charge is 0.423 e. The quantitative estimate of drug-likeness (QED) is 0.0742. The van der Waals surface area contributed by atoms with E-state index in [-0.39, 0.29) is 28.2 Å². The first-order valence-corrected chi connectivity index (χ1v) is 16.2. The molecule has 0 spiro atoms. The van der Waals surface area contributed by atoms with Crippen LogP contribution in [0.25, 0.3) is 11.1 Å². The Labute approximate surface area is 309 Å². The van der Waals surface area contributed by atoms with Crippen molar-refractivity contribution in [2.45, 2.75) is 34.6 Å². The van der Waals surface area contributed by atoms with Crippen LogP contribution < -0.4 is 18.9 Å². The van der Waals surface area contributed by atoms with Gasteiger partial charge in [0.25, 0.3) is 0 Å². The summed E-state index contributed by atoms with van der Waals surface area (Å²) >= 11 is 0. The number of benzene rings is 4. The van der Waals surface area contributed by atoms with Crippen molar-refractivity contribution in [3.05, 3.63) is 155 Å². The molecule has 4 rings (SSSR count). The smallest absolute Gasteiger partial charge is 0.338 e. The molecule has 0 amide bonds. The van der Waals surface area contributed by atoms with E-state index < -0.39 is 23.9 Å².